The molecule has 0 rings (SSSR count). The van der Waals surface area contributed by atoms with Gasteiger partial charge in [-0.2, -0.15) is 0 Å². The summed E-state index contributed by atoms with van der Waals surface area (Å²) < 4.78 is 0. The Morgan fingerprint density at radius 3 is 2.08 bits per heavy atom. The summed E-state index contributed by atoms with van der Waals surface area (Å²) in [6.45, 7) is 10.2. The molecule has 3 heteroatoms. The molecule has 0 aliphatic heterocycles. The summed E-state index contributed by atoms with van der Waals surface area (Å²) in [5.41, 5.74) is 2.89. The molecule has 0 aliphatic rings. The number of nitrogens with zero attached hydrogens (tertiary/aromatic N) is 1. The number of hydrogen-bond donors (Lipinski definition) is 1. The lowest BCUT2D eigenvalue weighted by atomic mass is 10.1. The molecule has 0 amide bonds. The molecule has 1 N–H and O–H groups in total. The lowest BCUT2D eigenvalue weighted by molar-refractivity contribution is 0.0975. The van der Waals surface area contributed by atoms with Gasteiger partial charge in [-0.25, -0.2) is 0 Å². The average Bonchev–Trinajstić information content (AvgIpc) is 1.85. The highest BCUT2D eigenvalue weighted by atomic mass is 16.7. The van der Waals surface area contributed by atoms with Gasteiger partial charge in [0.2, 0.25) is 5.90 Å². The third-order valence-corrected chi connectivity index (χ3v) is 1.18. The second kappa shape index (κ2) is 4.45. The first-order valence-electron chi connectivity index (χ1n) is 4.27. The van der Waals surface area contributed by atoms with Crippen molar-refractivity contribution in [1.82, 2.24) is 5.48 Å². The van der Waals surface area contributed by atoms with E-state index in [-0.39, 0.29) is 5.54 Å². The SMILES string of the molecule is CN=C(ONC(C)(C)C)C(C)C. The number of hydrogen-bond acceptors (Lipinski definition) is 3. The van der Waals surface area contributed by atoms with E-state index in [0.29, 0.717) is 5.92 Å². The van der Waals surface area contributed by atoms with Crippen LogP contribution < -0.4 is 5.48 Å². The van der Waals surface area contributed by atoms with Crippen molar-refractivity contribution in [2.24, 2.45) is 10.9 Å². The molecule has 72 valence electrons. The highest BCUT2D eigenvalue weighted by Crippen LogP contribution is 2.02. The van der Waals surface area contributed by atoms with Gasteiger partial charge in [0.1, 0.15) is 0 Å². The molecule has 0 atom stereocenters. The van der Waals surface area contributed by atoms with Gasteiger partial charge in [0, 0.05) is 18.5 Å². The third-order valence-electron chi connectivity index (χ3n) is 1.18. The minimum atomic E-state index is -0.0369. The van der Waals surface area contributed by atoms with Gasteiger partial charge in [0.05, 0.1) is 0 Å². The molecule has 0 spiro atoms. The van der Waals surface area contributed by atoms with E-state index in [4.69, 9.17) is 4.84 Å². The van der Waals surface area contributed by atoms with E-state index in [2.05, 4.69) is 10.5 Å². The summed E-state index contributed by atoms with van der Waals surface area (Å²) >= 11 is 0. The van der Waals surface area contributed by atoms with E-state index in [1.807, 2.05) is 34.6 Å². The molecule has 0 aromatic heterocycles. The zero-order valence-electron chi connectivity index (χ0n) is 8.93. The van der Waals surface area contributed by atoms with Crippen molar-refractivity contribution in [3.63, 3.8) is 0 Å². The molecular weight excluding hydrogens is 152 g/mol. The highest BCUT2D eigenvalue weighted by molar-refractivity contribution is 5.77. The fourth-order valence-corrected chi connectivity index (χ4v) is 0.627. The molecule has 0 saturated heterocycles. The zero-order chi connectivity index (χ0) is 9.78. The van der Waals surface area contributed by atoms with Gasteiger partial charge < -0.3 is 4.84 Å². The van der Waals surface area contributed by atoms with Crippen LogP contribution in [-0.2, 0) is 4.84 Å². The van der Waals surface area contributed by atoms with Gasteiger partial charge in [0.25, 0.3) is 0 Å². The highest BCUT2D eigenvalue weighted by Gasteiger charge is 2.12. The summed E-state index contributed by atoms with van der Waals surface area (Å²) in [4.78, 5) is 9.34. The molecule has 0 heterocycles. The quantitative estimate of drug-likeness (QED) is 0.392. The number of nitrogens with one attached hydrogen (secondary N) is 1. The Balaban J connectivity index is 3.92. The Bertz CT molecular complexity index is 156. The first kappa shape index (κ1) is 11.4. The summed E-state index contributed by atoms with van der Waals surface area (Å²) in [7, 11) is 1.74. The van der Waals surface area contributed by atoms with Crippen LogP contribution in [0.2, 0.25) is 0 Å². The Morgan fingerprint density at radius 1 is 1.33 bits per heavy atom. The average molecular weight is 172 g/mol. The van der Waals surface area contributed by atoms with Crippen LogP contribution in [0.3, 0.4) is 0 Å². The molecule has 0 aromatic rings. The number of aliphatic imine (C=N–C) groups is 1. The van der Waals surface area contributed by atoms with E-state index in [0.717, 1.165) is 5.90 Å². The van der Waals surface area contributed by atoms with Crippen LogP contribution in [-0.4, -0.2) is 18.5 Å². The topological polar surface area (TPSA) is 33.6 Å². The van der Waals surface area contributed by atoms with Crippen LogP contribution in [0.15, 0.2) is 4.99 Å². The lowest BCUT2D eigenvalue weighted by Gasteiger charge is -2.21. The monoisotopic (exact) mass is 172 g/mol. The van der Waals surface area contributed by atoms with E-state index in [1.165, 1.54) is 0 Å². The van der Waals surface area contributed by atoms with E-state index >= 15 is 0 Å². The molecule has 0 aromatic carbocycles. The van der Waals surface area contributed by atoms with Gasteiger partial charge >= 0.3 is 0 Å². The smallest absolute Gasteiger partial charge is 0.211 e. The van der Waals surface area contributed by atoms with Gasteiger partial charge in [-0.05, 0) is 20.8 Å². The maximum atomic E-state index is 5.32. The van der Waals surface area contributed by atoms with Crippen LogP contribution in [0.25, 0.3) is 0 Å². The Labute approximate surface area is 75.2 Å². The van der Waals surface area contributed by atoms with Crippen molar-refractivity contribution < 1.29 is 4.84 Å². The zero-order valence-corrected chi connectivity index (χ0v) is 8.93. The number of hydroxylamine groups is 1. The first-order chi connectivity index (χ1) is 5.37. The normalized spacial score (nSPS) is 13.8. The van der Waals surface area contributed by atoms with Gasteiger partial charge in [-0.3, -0.25) is 4.99 Å². The standard InChI is InChI=1S/C9H20N2O/c1-7(2)8(10-6)12-11-9(3,4)5/h7,11H,1-6H3. The van der Waals surface area contributed by atoms with Gasteiger partial charge in [-0.15, -0.1) is 5.48 Å². The molecule has 0 saturated carbocycles. The van der Waals surface area contributed by atoms with Crippen LogP contribution in [0.1, 0.15) is 34.6 Å². The molecule has 0 bridgehead atoms. The van der Waals surface area contributed by atoms with Gasteiger partial charge in [0.15, 0.2) is 0 Å². The molecule has 12 heavy (non-hydrogen) atoms. The predicted octanol–water partition coefficient (Wildman–Crippen LogP) is 1.99. The van der Waals surface area contributed by atoms with E-state index < -0.39 is 0 Å². The fraction of sp³-hybridized carbons (Fsp3) is 0.889. The van der Waals surface area contributed by atoms with Crippen LogP contribution in [0.4, 0.5) is 0 Å². The van der Waals surface area contributed by atoms with Gasteiger partial charge in [-0.1, -0.05) is 13.8 Å². The molecule has 0 radical (unpaired) electrons. The molecular formula is C9H20N2O. The van der Waals surface area contributed by atoms with Crippen molar-refractivity contribution >= 4 is 5.90 Å². The van der Waals surface area contributed by atoms with E-state index in [1.54, 1.807) is 7.05 Å². The summed E-state index contributed by atoms with van der Waals surface area (Å²) in [6, 6.07) is 0. The first-order valence-corrected chi connectivity index (χ1v) is 4.27. The molecule has 0 aliphatic carbocycles. The third kappa shape index (κ3) is 5.13. The predicted molar refractivity (Wildman–Crippen MR) is 52.2 cm³/mol. The summed E-state index contributed by atoms with van der Waals surface area (Å²) in [5.74, 6) is 1.06. The Hall–Kier alpha value is -0.570. The summed E-state index contributed by atoms with van der Waals surface area (Å²) in [5, 5.41) is 0. The largest absolute Gasteiger partial charge is 0.393 e. The summed E-state index contributed by atoms with van der Waals surface area (Å²) in [6.07, 6.45) is 0. The second-order valence-corrected chi connectivity index (χ2v) is 4.17. The Kier molecular flexibility index (Phi) is 4.24. The van der Waals surface area contributed by atoms with Crippen molar-refractivity contribution in [2.75, 3.05) is 7.05 Å². The fourth-order valence-electron chi connectivity index (χ4n) is 0.627. The molecule has 0 fully saturated rings. The maximum Gasteiger partial charge on any atom is 0.211 e. The Morgan fingerprint density at radius 2 is 1.83 bits per heavy atom. The van der Waals surface area contributed by atoms with Crippen molar-refractivity contribution in [3.8, 4) is 0 Å². The van der Waals surface area contributed by atoms with Crippen LogP contribution >= 0.6 is 0 Å². The molecule has 0 unspecified atom stereocenters. The molecule has 3 nitrogen and oxygen atoms in total. The lowest BCUT2D eigenvalue weighted by Crippen LogP contribution is -2.38. The van der Waals surface area contributed by atoms with Crippen molar-refractivity contribution in [1.29, 1.82) is 0 Å². The van der Waals surface area contributed by atoms with Crippen LogP contribution in [0, 0.1) is 5.92 Å². The van der Waals surface area contributed by atoms with E-state index in [9.17, 15) is 0 Å². The van der Waals surface area contributed by atoms with Crippen LogP contribution in [0.5, 0.6) is 0 Å². The maximum absolute atomic E-state index is 5.32. The van der Waals surface area contributed by atoms with Crippen molar-refractivity contribution in [2.45, 2.75) is 40.2 Å². The minimum absolute atomic E-state index is 0.0369. The second-order valence-electron chi connectivity index (χ2n) is 4.17. The minimum Gasteiger partial charge on any atom is -0.393 e. The number of rotatable bonds is 2. The van der Waals surface area contributed by atoms with Crippen molar-refractivity contribution in [3.05, 3.63) is 0 Å².